The van der Waals surface area contributed by atoms with Crippen molar-refractivity contribution in [3.05, 3.63) is 71.8 Å². The van der Waals surface area contributed by atoms with Crippen molar-refractivity contribution < 1.29 is 17.6 Å². The largest absolute Gasteiger partial charge is 0.416 e. The van der Waals surface area contributed by atoms with E-state index in [2.05, 4.69) is 20.6 Å². The highest BCUT2D eigenvalue weighted by atomic mass is 19.4. The summed E-state index contributed by atoms with van der Waals surface area (Å²) in [6.45, 7) is 1.66. The highest BCUT2D eigenvalue weighted by molar-refractivity contribution is 5.63. The molecule has 2 N–H and O–H groups in total. The van der Waals surface area contributed by atoms with Crippen LogP contribution < -0.4 is 10.6 Å². The minimum Gasteiger partial charge on any atom is -0.340 e. The fraction of sp³-hybridized carbons (Fsp3) is 0.111. The third-order valence-corrected chi connectivity index (χ3v) is 3.42. The van der Waals surface area contributed by atoms with E-state index in [4.69, 9.17) is 0 Å². The number of anilines is 4. The smallest absolute Gasteiger partial charge is 0.340 e. The second kappa shape index (κ2) is 6.99. The summed E-state index contributed by atoms with van der Waals surface area (Å²) in [7, 11) is 0. The Morgan fingerprint density at radius 2 is 1.42 bits per heavy atom. The molecule has 0 atom stereocenters. The normalized spacial score (nSPS) is 11.3. The summed E-state index contributed by atoms with van der Waals surface area (Å²) in [5.41, 5.74) is 0.123. The molecule has 0 amide bonds. The molecule has 134 valence electrons. The number of aromatic nitrogens is 2. The van der Waals surface area contributed by atoms with Crippen molar-refractivity contribution in [3.8, 4) is 0 Å². The van der Waals surface area contributed by atoms with Gasteiger partial charge < -0.3 is 10.6 Å². The third kappa shape index (κ3) is 4.47. The van der Waals surface area contributed by atoms with Gasteiger partial charge in [0.05, 0.1) is 5.56 Å². The second-order valence-corrected chi connectivity index (χ2v) is 5.52. The minimum atomic E-state index is -4.42. The van der Waals surface area contributed by atoms with Crippen LogP contribution in [-0.4, -0.2) is 9.97 Å². The molecule has 1 heterocycles. The summed E-state index contributed by atoms with van der Waals surface area (Å²) in [5, 5.41) is 5.84. The van der Waals surface area contributed by atoms with Crippen LogP contribution in [0.2, 0.25) is 0 Å². The molecule has 0 fully saturated rings. The Hall–Kier alpha value is -3.16. The predicted molar refractivity (Wildman–Crippen MR) is 91.2 cm³/mol. The van der Waals surface area contributed by atoms with Gasteiger partial charge in [0.25, 0.3) is 0 Å². The van der Waals surface area contributed by atoms with Crippen LogP contribution in [0.5, 0.6) is 0 Å². The van der Waals surface area contributed by atoms with Crippen molar-refractivity contribution in [2.45, 2.75) is 13.1 Å². The lowest BCUT2D eigenvalue weighted by molar-refractivity contribution is -0.137. The third-order valence-electron chi connectivity index (χ3n) is 3.42. The van der Waals surface area contributed by atoms with Crippen LogP contribution >= 0.6 is 0 Å². The van der Waals surface area contributed by atoms with E-state index in [1.54, 1.807) is 25.1 Å². The highest BCUT2D eigenvalue weighted by Crippen LogP contribution is 2.31. The molecule has 3 rings (SSSR count). The standard InChI is InChI=1S/C18H14F4N4/c1-11-23-16(25-14-7-5-13(19)6-8-14)10-17(24-11)26-15-4-2-3-12(9-15)18(20,21)22/h2-10H,1H3,(H2,23,24,25,26). The second-order valence-electron chi connectivity index (χ2n) is 5.52. The monoisotopic (exact) mass is 362 g/mol. The highest BCUT2D eigenvalue weighted by Gasteiger charge is 2.30. The number of alkyl halides is 3. The van der Waals surface area contributed by atoms with E-state index in [1.807, 2.05) is 0 Å². The number of aryl methyl sites for hydroxylation is 1. The Labute approximate surface area is 146 Å². The maximum absolute atomic E-state index is 13.0. The number of rotatable bonds is 4. The predicted octanol–water partition coefficient (Wildman–Crippen LogP) is 5.43. The van der Waals surface area contributed by atoms with Crippen LogP contribution in [0.3, 0.4) is 0 Å². The van der Waals surface area contributed by atoms with E-state index in [0.717, 1.165) is 12.1 Å². The summed E-state index contributed by atoms with van der Waals surface area (Å²) >= 11 is 0. The van der Waals surface area contributed by atoms with Gasteiger partial charge >= 0.3 is 6.18 Å². The molecule has 0 radical (unpaired) electrons. The molecule has 0 unspecified atom stereocenters. The van der Waals surface area contributed by atoms with Gasteiger partial charge in [0, 0.05) is 17.4 Å². The molecule has 0 bridgehead atoms. The van der Waals surface area contributed by atoms with Gasteiger partial charge in [-0.05, 0) is 49.4 Å². The van der Waals surface area contributed by atoms with Crippen LogP contribution in [0.15, 0.2) is 54.6 Å². The average molecular weight is 362 g/mol. The van der Waals surface area contributed by atoms with E-state index >= 15 is 0 Å². The van der Waals surface area contributed by atoms with Crippen LogP contribution in [0.25, 0.3) is 0 Å². The molecule has 26 heavy (non-hydrogen) atoms. The van der Waals surface area contributed by atoms with Gasteiger partial charge in [0.15, 0.2) is 0 Å². The van der Waals surface area contributed by atoms with Crippen LogP contribution in [0.4, 0.5) is 40.6 Å². The molecule has 0 saturated carbocycles. The van der Waals surface area contributed by atoms with Crippen molar-refractivity contribution in [1.82, 2.24) is 9.97 Å². The quantitative estimate of drug-likeness (QED) is 0.608. The summed E-state index contributed by atoms with van der Waals surface area (Å²) in [6.07, 6.45) is -4.42. The molecule has 0 aliphatic carbocycles. The first-order chi connectivity index (χ1) is 12.3. The number of halogens is 4. The number of nitrogens with zero attached hydrogens (tertiary/aromatic N) is 2. The van der Waals surface area contributed by atoms with Crippen molar-refractivity contribution in [1.29, 1.82) is 0 Å². The molecular weight excluding hydrogens is 348 g/mol. The SMILES string of the molecule is Cc1nc(Nc2ccc(F)cc2)cc(Nc2cccc(C(F)(F)F)c2)n1. The Morgan fingerprint density at radius 3 is 2.04 bits per heavy atom. The molecule has 4 nitrogen and oxygen atoms in total. The molecule has 0 spiro atoms. The van der Waals surface area contributed by atoms with Gasteiger partial charge in [-0.15, -0.1) is 0 Å². The average Bonchev–Trinajstić information content (AvgIpc) is 2.56. The van der Waals surface area contributed by atoms with Gasteiger partial charge in [0.1, 0.15) is 23.3 Å². The summed E-state index contributed by atoms with van der Waals surface area (Å²) in [4.78, 5) is 8.39. The molecular formula is C18H14F4N4. The topological polar surface area (TPSA) is 49.8 Å². The molecule has 3 aromatic rings. The van der Waals surface area contributed by atoms with E-state index in [1.165, 1.54) is 24.3 Å². The van der Waals surface area contributed by atoms with E-state index < -0.39 is 11.7 Å². The van der Waals surface area contributed by atoms with Crippen molar-refractivity contribution in [2.75, 3.05) is 10.6 Å². The first-order valence-electron chi connectivity index (χ1n) is 7.62. The van der Waals surface area contributed by atoms with Crippen LogP contribution in [-0.2, 0) is 6.18 Å². The van der Waals surface area contributed by atoms with Gasteiger partial charge in [-0.3, -0.25) is 0 Å². The zero-order valence-electron chi connectivity index (χ0n) is 13.6. The summed E-state index contributed by atoms with van der Waals surface area (Å²) in [6, 6.07) is 12.1. The Kier molecular flexibility index (Phi) is 4.75. The molecule has 2 aromatic carbocycles. The van der Waals surface area contributed by atoms with Crippen molar-refractivity contribution in [3.63, 3.8) is 0 Å². The van der Waals surface area contributed by atoms with Gasteiger partial charge in [-0.1, -0.05) is 6.07 Å². The van der Waals surface area contributed by atoms with E-state index in [-0.39, 0.29) is 11.5 Å². The van der Waals surface area contributed by atoms with Crippen LogP contribution in [0, 0.1) is 12.7 Å². The fourth-order valence-electron chi connectivity index (χ4n) is 2.30. The number of hydrogen-bond donors (Lipinski definition) is 2. The fourth-order valence-corrected chi connectivity index (χ4v) is 2.30. The van der Waals surface area contributed by atoms with E-state index in [9.17, 15) is 17.6 Å². The lowest BCUT2D eigenvalue weighted by Gasteiger charge is -2.12. The maximum Gasteiger partial charge on any atom is 0.416 e. The lowest BCUT2D eigenvalue weighted by atomic mass is 10.2. The van der Waals surface area contributed by atoms with Crippen molar-refractivity contribution in [2.24, 2.45) is 0 Å². The van der Waals surface area contributed by atoms with Crippen molar-refractivity contribution >= 4 is 23.0 Å². The molecule has 0 aliphatic rings. The summed E-state index contributed by atoms with van der Waals surface area (Å²) in [5.74, 6) is 0.827. The summed E-state index contributed by atoms with van der Waals surface area (Å²) < 4.78 is 51.4. The van der Waals surface area contributed by atoms with Gasteiger partial charge in [0.2, 0.25) is 0 Å². The van der Waals surface area contributed by atoms with Gasteiger partial charge in [-0.25, -0.2) is 14.4 Å². The number of nitrogens with one attached hydrogen (secondary N) is 2. The molecule has 0 saturated heterocycles. The Morgan fingerprint density at radius 1 is 0.808 bits per heavy atom. The van der Waals surface area contributed by atoms with Crippen LogP contribution in [0.1, 0.15) is 11.4 Å². The lowest BCUT2D eigenvalue weighted by Crippen LogP contribution is -2.06. The Bertz CT molecular complexity index is 908. The first kappa shape index (κ1) is 17.7. The zero-order chi connectivity index (χ0) is 18.7. The zero-order valence-corrected chi connectivity index (χ0v) is 13.6. The number of hydrogen-bond acceptors (Lipinski definition) is 4. The van der Waals surface area contributed by atoms with Gasteiger partial charge in [-0.2, -0.15) is 13.2 Å². The molecule has 0 aliphatic heterocycles. The Balaban J connectivity index is 1.83. The minimum absolute atomic E-state index is 0.255. The van der Waals surface area contributed by atoms with E-state index in [0.29, 0.717) is 23.1 Å². The molecule has 1 aromatic heterocycles. The number of benzene rings is 2. The maximum atomic E-state index is 13.0. The first-order valence-corrected chi connectivity index (χ1v) is 7.62. The molecule has 8 heteroatoms.